The number of nitro benzene ring substituents is 1. The van der Waals surface area contributed by atoms with Crippen molar-refractivity contribution in [3.05, 3.63) is 90.9 Å². The van der Waals surface area contributed by atoms with Crippen LogP contribution in [-0.2, 0) is 13.6 Å². The van der Waals surface area contributed by atoms with Crippen LogP contribution in [0.15, 0.2) is 69.8 Å². The van der Waals surface area contributed by atoms with E-state index in [0.717, 1.165) is 54.9 Å². The number of rotatable bonds is 10. The molecule has 0 saturated carbocycles. The van der Waals surface area contributed by atoms with E-state index >= 15 is 0 Å². The van der Waals surface area contributed by atoms with Crippen molar-refractivity contribution in [2.24, 2.45) is 18.0 Å². The molecule has 0 saturated heterocycles. The molecule has 0 aliphatic carbocycles. The van der Waals surface area contributed by atoms with Gasteiger partial charge in [-0.3, -0.25) is 19.6 Å². The standard InChI is InChI=1S/C28H33N5O3S/c1-5-7-12-21(6-2)18-31-25(22-13-11-16-24(17-22)33(35)36)19-37-28(31)29-26-20(3)30(4)32(27(26)34)23-14-9-8-10-15-23/h8-11,13-17,19,21H,5-7,12,18H2,1-4H3. The molecular weight excluding hydrogens is 486 g/mol. The first-order chi connectivity index (χ1) is 17.8. The van der Waals surface area contributed by atoms with Gasteiger partial charge in [-0.2, -0.15) is 0 Å². The Hall–Kier alpha value is -3.72. The second-order valence-electron chi connectivity index (χ2n) is 9.26. The topological polar surface area (TPSA) is 87.4 Å². The fourth-order valence-electron chi connectivity index (χ4n) is 4.56. The molecule has 2 aromatic carbocycles. The SMILES string of the molecule is CCCCC(CC)Cn1c(-c2cccc([N+](=O)[O-])c2)csc1=Nc1c(C)n(C)n(-c2ccccc2)c1=O. The van der Waals surface area contributed by atoms with Crippen LogP contribution in [0.3, 0.4) is 0 Å². The molecule has 1 unspecified atom stereocenters. The lowest BCUT2D eigenvalue weighted by atomic mass is 9.99. The summed E-state index contributed by atoms with van der Waals surface area (Å²) >= 11 is 1.45. The second-order valence-corrected chi connectivity index (χ2v) is 10.1. The molecule has 2 heterocycles. The molecule has 0 amide bonds. The van der Waals surface area contributed by atoms with Crippen molar-refractivity contribution in [1.29, 1.82) is 0 Å². The zero-order valence-electron chi connectivity index (χ0n) is 21.8. The molecule has 0 spiro atoms. The summed E-state index contributed by atoms with van der Waals surface area (Å²) in [5, 5.41) is 13.4. The van der Waals surface area contributed by atoms with Gasteiger partial charge in [-0.1, -0.05) is 63.4 Å². The number of unbranched alkanes of at least 4 members (excludes halogenated alkanes) is 1. The molecule has 0 radical (unpaired) electrons. The number of hydrogen-bond acceptors (Lipinski definition) is 5. The van der Waals surface area contributed by atoms with Crippen molar-refractivity contribution < 1.29 is 4.92 Å². The van der Waals surface area contributed by atoms with E-state index in [2.05, 4.69) is 18.4 Å². The highest BCUT2D eigenvalue weighted by atomic mass is 32.1. The maximum atomic E-state index is 13.5. The van der Waals surface area contributed by atoms with E-state index < -0.39 is 0 Å². The van der Waals surface area contributed by atoms with Crippen molar-refractivity contribution in [1.82, 2.24) is 13.9 Å². The van der Waals surface area contributed by atoms with Gasteiger partial charge in [0, 0.05) is 36.7 Å². The van der Waals surface area contributed by atoms with Crippen LogP contribution in [0.25, 0.3) is 16.9 Å². The number of para-hydroxylation sites is 1. The van der Waals surface area contributed by atoms with Gasteiger partial charge in [0.25, 0.3) is 11.2 Å². The van der Waals surface area contributed by atoms with Gasteiger partial charge in [0.2, 0.25) is 0 Å². The first kappa shape index (κ1) is 26.3. The quantitative estimate of drug-likeness (QED) is 0.180. The Morgan fingerprint density at radius 3 is 2.54 bits per heavy atom. The fourth-order valence-corrected chi connectivity index (χ4v) is 5.48. The van der Waals surface area contributed by atoms with E-state index in [1.807, 2.05) is 60.4 Å². The van der Waals surface area contributed by atoms with Gasteiger partial charge in [-0.15, -0.1) is 11.3 Å². The maximum Gasteiger partial charge on any atom is 0.297 e. The second kappa shape index (κ2) is 11.6. The summed E-state index contributed by atoms with van der Waals surface area (Å²) in [5.74, 6) is 0.434. The Morgan fingerprint density at radius 1 is 1.11 bits per heavy atom. The number of thiazole rings is 1. The Morgan fingerprint density at radius 2 is 1.86 bits per heavy atom. The molecule has 194 valence electrons. The minimum absolute atomic E-state index is 0.0522. The number of nitro groups is 1. The summed E-state index contributed by atoms with van der Waals surface area (Å²) in [5.41, 5.74) is 3.46. The minimum atomic E-state index is -0.374. The first-order valence-corrected chi connectivity index (χ1v) is 13.6. The summed E-state index contributed by atoms with van der Waals surface area (Å²) in [6.45, 7) is 7.01. The molecule has 1 atom stereocenters. The number of hydrogen-bond donors (Lipinski definition) is 0. The normalized spacial score (nSPS) is 12.7. The van der Waals surface area contributed by atoms with E-state index in [0.29, 0.717) is 16.4 Å². The van der Waals surface area contributed by atoms with Crippen LogP contribution in [0.2, 0.25) is 0 Å². The average Bonchev–Trinajstić information content (AvgIpc) is 3.40. The lowest BCUT2D eigenvalue weighted by molar-refractivity contribution is -0.384. The van der Waals surface area contributed by atoms with Gasteiger partial charge in [-0.05, 0) is 31.4 Å². The van der Waals surface area contributed by atoms with Gasteiger partial charge in [0.15, 0.2) is 10.5 Å². The highest BCUT2D eigenvalue weighted by molar-refractivity contribution is 7.07. The van der Waals surface area contributed by atoms with Crippen LogP contribution in [0.4, 0.5) is 11.4 Å². The molecule has 0 bridgehead atoms. The van der Waals surface area contributed by atoms with Crippen LogP contribution in [-0.4, -0.2) is 18.9 Å². The van der Waals surface area contributed by atoms with Gasteiger partial charge < -0.3 is 4.57 Å². The number of benzene rings is 2. The van der Waals surface area contributed by atoms with Crippen LogP contribution < -0.4 is 10.4 Å². The highest BCUT2D eigenvalue weighted by Crippen LogP contribution is 2.27. The van der Waals surface area contributed by atoms with E-state index in [1.54, 1.807) is 16.8 Å². The number of aromatic nitrogens is 3. The lowest BCUT2D eigenvalue weighted by Gasteiger charge is -2.17. The summed E-state index contributed by atoms with van der Waals surface area (Å²) in [7, 11) is 1.86. The van der Waals surface area contributed by atoms with Crippen LogP contribution in [0, 0.1) is 23.0 Å². The third kappa shape index (κ3) is 5.51. The highest BCUT2D eigenvalue weighted by Gasteiger charge is 2.19. The van der Waals surface area contributed by atoms with Gasteiger partial charge in [0.05, 0.1) is 22.0 Å². The summed E-state index contributed by atoms with van der Waals surface area (Å²) < 4.78 is 5.59. The number of nitrogens with zero attached hydrogens (tertiary/aromatic N) is 5. The molecule has 2 aromatic heterocycles. The molecule has 0 aliphatic heterocycles. The van der Waals surface area contributed by atoms with E-state index in [1.165, 1.54) is 17.4 Å². The predicted octanol–water partition coefficient (Wildman–Crippen LogP) is 6.37. The molecular formula is C28H33N5O3S. The summed E-state index contributed by atoms with van der Waals surface area (Å²) in [4.78, 5) is 30.2. The van der Waals surface area contributed by atoms with E-state index in [-0.39, 0.29) is 16.2 Å². The Labute approximate surface area is 220 Å². The molecule has 37 heavy (non-hydrogen) atoms. The largest absolute Gasteiger partial charge is 0.316 e. The van der Waals surface area contributed by atoms with Crippen LogP contribution in [0.5, 0.6) is 0 Å². The van der Waals surface area contributed by atoms with Gasteiger partial charge in [-0.25, -0.2) is 9.67 Å². The summed E-state index contributed by atoms with van der Waals surface area (Å²) in [6.07, 6.45) is 4.38. The van der Waals surface area contributed by atoms with Crippen molar-refractivity contribution in [3.8, 4) is 16.9 Å². The summed E-state index contributed by atoms with van der Waals surface area (Å²) in [6, 6.07) is 16.2. The molecule has 0 N–H and O–H groups in total. The zero-order valence-corrected chi connectivity index (χ0v) is 22.6. The number of non-ortho nitro benzene ring substituents is 1. The molecule has 0 fully saturated rings. The van der Waals surface area contributed by atoms with Crippen molar-refractivity contribution in [3.63, 3.8) is 0 Å². The molecule has 9 heteroatoms. The van der Waals surface area contributed by atoms with Crippen molar-refractivity contribution in [2.45, 2.75) is 53.0 Å². The van der Waals surface area contributed by atoms with Crippen molar-refractivity contribution >= 4 is 22.7 Å². The zero-order chi connectivity index (χ0) is 26.5. The average molecular weight is 520 g/mol. The first-order valence-electron chi connectivity index (χ1n) is 12.7. The van der Waals surface area contributed by atoms with Crippen LogP contribution in [0.1, 0.15) is 45.2 Å². The molecule has 8 nitrogen and oxygen atoms in total. The van der Waals surface area contributed by atoms with Gasteiger partial charge in [0.1, 0.15) is 0 Å². The monoisotopic (exact) mass is 519 g/mol. The van der Waals surface area contributed by atoms with E-state index in [4.69, 9.17) is 4.99 Å². The molecule has 4 aromatic rings. The van der Waals surface area contributed by atoms with Crippen molar-refractivity contribution in [2.75, 3.05) is 0 Å². The Bertz CT molecular complexity index is 1510. The van der Waals surface area contributed by atoms with Crippen LogP contribution >= 0.6 is 11.3 Å². The fraction of sp³-hybridized carbons (Fsp3) is 0.357. The predicted molar refractivity (Wildman–Crippen MR) is 149 cm³/mol. The maximum absolute atomic E-state index is 13.5. The Kier molecular flexibility index (Phi) is 8.23. The Balaban J connectivity index is 1.89. The molecule has 4 rings (SSSR count). The van der Waals surface area contributed by atoms with Gasteiger partial charge >= 0.3 is 0 Å². The van der Waals surface area contributed by atoms with E-state index in [9.17, 15) is 14.9 Å². The third-order valence-corrected chi connectivity index (χ3v) is 7.73. The minimum Gasteiger partial charge on any atom is -0.316 e. The third-order valence-electron chi connectivity index (χ3n) is 6.87. The lowest BCUT2D eigenvalue weighted by Crippen LogP contribution is -2.22. The molecule has 0 aliphatic rings. The smallest absolute Gasteiger partial charge is 0.297 e.